The molecule has 3 aromatic rings. The molecule has 0 fully saturated rings. The summed E-state index contributed by atoms with van der Waals surface area (Å²) in [6.07, 6.45) is 2.02. The molecule has 144 valence electrons. The number of rotatable bonds is 9. The van der Waals surface area contributed by atoms with Crippen LogP contribution in [0.2, 0.25) is 5.02 Å². The number of nitrogens with zero attached hydrogens (tertiary/aromatic N) is 2. The fraction of sp³-hybridized carbons (Fsp3) is 0.217. The molecule has 5 heteroatoms. The van der Waals surface area contributed by atoms with Crippen molar-refractivity contribution in [3.05, 3.63) is 111 Å². The van der Waals surface area contributed by atoms with Gasteiger partial charge in [0.05, 0.1) is 4.92 Å². The van der Waals surface area contributed by atoms with E-state index < -0.39 is 0 Å². The Morgan fingerprint density at radius 3 is 2.14 bits per heavy atom. The Bertz CT molecular complexity index is 915. The molecule has 0 radical (unpaired) electrons. The van der Waals surface area contributed by atoms with Gasteiger partial charge in [-0.05, 0) is 48.2 Å². The summed E-state index contributed by atoms with van der Waals surface area (Å²) in [4.78, 5) is 13.0. The van der Waals surface area contributed by atoms with Crippen molar-refractivity contribution in [1.82, 2.24) is 4.90 Å². The summed E-state index contributed by atoms with van der Waals surface area (Å²) in [7, 11) is 0. The fourth-order valence-corrected chi connectivity index (χ4v) is 3.50. The third-order valence-corrected chi connectivity index (χ3v) is 4.84. The van der Waals surface area contributed by atoms with Crippen molar-refractivity contribution in [2.75, 3.05) is 6.54 Å². The van der Waals surface area contributed by atoms with Crippen LogP contribution in [0.4, 0.5) is 5.69 Å². The average molecular weight is 395 g/mol. The van der Waals surface area contributed by atoms with Crippen molar-refractivity contribution >= 4 is 17.3 Å². The van der Waals surface area contributed by atoms with E-state index in [4.69, 9.17) is 11.6 Å². The lowest BCUT2D eigenvalue weighted by molar-refractivity contribution is -0.384. The summed E-state index contributed by atoms with van der Waals surface area (Å²) in [5, 5.41) is 11.8. The van der Waals surface area contributed by atoms with Crippen LogP contribution >= 0.6 is 11.6 Å². The second-order valence-corrected chi connectivity index (χ2v) is 7.29. The van der Waals surface area contributed by atoms with E-state index in [0.29, 0.717) is 6.54 Å². The minimum absolute atomic E-state index is 0.129. The zero-order chi connectivity index (χ0) is 19.8. The molecule has 0 N–H and O–H groups in total. The summed E-state index contributed by atoms with van der Waals surface area (Å²) in [5.41, 5.74) is 3.53. The maximum Gasteiger partial charge on any atom is 0.269 e. The molecule has 4 nitrogen and oxygen atoms in total. The van der Waals surface area contributed by atoms with Gasteiger partial charge in [0.15, 0.2) is 0 Å². The smallest absolute Gasteiger partial charge is 0.269 e. The van der Waals surface area contributed by atoms with Crippen LogP contribution in [0.25, 0.3) is 0 Å². The van der Waals surface area contributed by atoms with Crippen LogP contribution in [-0.2, 0) is 19.5 Å². The highest BCUT2D eigenvalue weighted by Gasteiger charge is 2.11. The first-order valence-corrected chi connectivity index (χ1v) is 9.72. The van der Waals surface area contributed by atoms with Crippen LogP contribution in [0.3, 0.4) is 0 Å². The lowest BCUT2D eigenvalue weighted by atomic mass is 10.1. The lowest BCUT2D eigenvalue weighted by Crippen LogP contribution is -2.24. The van der Waals surface area contributed by atoms with Gasteiger partial charge in [0.25, 0.3) is 5.69 Å². The Morgan fingerprint density at radius 1 is 0.821 bits per heavy atom. The molecule has 0 aliphatic rings. The molecule has 28 heavy (non-hydrogen) atoms. The van der Waals surface area contributed by atoms with Gasteiger partial charge < -0.3 is 0 Å². The lowest BCUT2D eigenvalue weighted by Gasteiger charge is -2.23. The number of hydrogen-bond donors (Lipinski definition) is 0. The van der Waals surface area contributed by atoms with Gasteiger partial charge in [-0.25, -0.2) is 0 Å². The SMILES string of the molecule is O=[N+]([O-])c1cccc(CN(CCCc2ccccc2)Cc2cccc(Cl)c2)c1. The molecule has 0 unspecified atom stereocenters. The van der Waals surface area contributed by atoms with E-state index in [0.717, 1.165) is 42.1 Å². The summed E-state index contributed by atoms with van der Waals surface area (Å²) in [6, 6.07) is 25.1. The maximum absolute atomic E-state index is 11.1. The van der Waals surface area contributed by atoms with Crippen molar-refractivity contribution in [2.45, 2.75) is 25.9 Å². The van der Waals surface area contributed by atoms with Crippen molar-refractivity contribution < 1.29 is 4.92 Å². The topological polar surface area (TPSA) is 46.4 Å². The minimum atomic E-state index is -0.347. The molecule has 3 rings (SSSR count). The van der Waals surface area contributed by atoms with E-state index in [1.165, 1.54) is 11.6 Å². The zero-order valence-corrected chi connectivity index (χ0v) is 16.4. The highest BCUT2D eigenvalue weighted by atomic mass is 35.5. The number of aryl methyl sites for hydroxylation is 1. The Hall–Kier alpha value is -2.69. The van der Waals surface area contributed by atoms with E-state index in [2.05, 4.69) is 35.2 Å². The second-order valence-electron chi connectivity index (χ2n) is 6.86. The van der Waals surface area contributed by atoms with Gasteiger partial charge >= 0.3 is 0 Å². The van der Waals surface area contributed by atoms with Gasteiger partial charge in [0.1, 0.15) is 0 Å². The maximum atomic E-state index is 11.1. The van der Waals surface area contributed by atoms with Crippen LogP contribution in [-0.4, -0.2) is 16.4 Å². The largest absolute Gasteiger partial charge is 0.295 e. The molecular formula is C23H23ClN2O2. The van der Waals surface area contributed by atoms with Crippen LogP contribution < -0.4 is 0 Å². The highest BCUT2D eigenvalue weighted by molar-refractivity contribution is 6.30. The first-order chi connectivity index (χ1) is 13.6. The van der Waals surface area contributed by atoms with E-state index in [-0.39, 0.29) is 10.6 Å². The van der Waals surface area contributed by atoms with Gasteiger partial charge in [-0.15, -0.1) is 0 Å². The van der Waals surface area contributed by atoms with Crippen LogP contribution in [0, 0.1) is 10.1 Å². The van der Waals surface area contributed by atoms with E-state index in [1.807, 2.05) is 30.3 Å². The molecule has 0 heterocycles. The monoisotopic (exact) mass is 394 g/mol. The van der Waals surface area contributed by atoms with Gasteiger partial charge in [-0.3, -0.25) is 15.0 Å². The van der Waals surface area contributed by atoms with Crippen LogP contribution in [0.1, 0.15) is 23.1 Å². The Morgan fingerprint density at radius 2 is 1.46 bits per heavy atom. The normalized spacial score (nSPS) is 10.9. The van der Waals surface area contributed by atoms with E-state index >= 15 is 0 Å². The van der Waals surface area contributed by atoms with Gasteiger partial charge in [0.2, 0.25) is 0 Å². The summed E-state index contributed by atoms with van der Waals surface area (Å²) >= 11 is 6.14. The van der Waals surface area contributed by atoms with E-state index in [1.54, 1.807) is 12.1 Å². The third kappa shape index (κ3) is 6.19. The Kier molecular flexibility index (Phi) is 7.18. The summed E-state index contributed by atoms with van der Waals surface area (Å²) in [5.74, 6) is 0. The predicted molar refractivity (Wildman–Crippen MR) is 113 cm³/mol. The second kappa shape index (κ2) is 10.0. The van der Waals surface area contributed by atoms with Gasteiger partial charge in [-0.1, -0.05) is 66.2 Å². The molecular weight excluding hydrogens is 372 g/mol. The van der Waals surface area contributed by atoms with Crippen molar-refractivity contribution in [3.63, 3.8) is 0 Å². The number of nitro benzene ring substituents is 1. The summed E-state index contributed by atoms with van der Waals surface area (Å²) in [6.45, 7) is 2.30. The molecule has 0 aromatic heterocycles. The molecule has 0 aliphatic carbocycles. The summed E-state index contributed by atoms with van der Waals surface area (Å²) < 4.78 is 0. The number of non-ortho nitro benzene ring substituents is 1. The van der Waals surface area contributed by atoms with Crippen LogP contribution in [0.5, 0.6) is 0 Å². The predicted octanol–water partition coefficient (Wildman–Crippen LogP) is 5.88. The molecule has 0 saturated heterocycles. The quantitative estimate of drug-likeness (QED) is 0.336. The minimum Gasteiger partial charge on any atom is -0.295 e. The number of benzene rings is 3. The Labute approximate surface area is 170 Å². The number of hydrogen-bond acceptors (Lipinski definition) is 3. The number of halogens is 1. The fourth-order valence-electron chi connectivity index (χ4n) is 3.29. The molecule has 0 aliphatic heterocycles. The molecule has 3 aromatic carbocycles. The van der Waals surface area contributed by atoms with Gasteiger partial charge in [-0.2, -0.15) is 0 Å². The van der Waals surface area contributed by atoms with Crippen molar-refractivity contribution in [1.29, 1.82) is 0 Å². The molecule has 0 atom stereocenters. The van der Waals surface area contributed by atoms with Crippen LogP contribution in [0.15, 0.2) is 78.9 Å². The molecule has 0 amide bonds. The first-order valence-electron chi connectivity index (χ1n) is 9.34. The number of nitro groups is 1. The zero-order valence-electron chi connectivity index (χ0n) is 15.6. The van der Waals surface area contributed by atoms with Crippen molar-refractivity contribution in [3.8, 4) is 0 Å². The molecule has 0 saturated carbocycles. The Balaban J connectivity index is 1.69. The first kappa shape index (κ1) is 20.1. The standard InChI is InChI=1S/C23H23ClN2O2/c24-22-12-4-9-20(15-22)17-25(14-6-11-19-7-2-1-3-8-19)18-21-10-5-13-23(16-21)26(27)28/h1-5,7-10,12-13,15-16H,6,11,14,17-18H2. The molecule has 0 bridgehead atoms. The van der Waals surface area contributed by atoms with Gasteiger partial charge in [0, 0.05) is 30.2 Å². The molecule has 0 spiro atoms. The highest BCUT2D eigenvalue weighted by Crippen LogP contribution is 2.18. The third-order valence-electron chi connectivity index (χ3n) is 4.61. The van der Waals surface area contributed by atoms with Crippen molar-refractivity contribution in [2.24, 2.45) is 0 Å². The van der Waals surface area contributed by atoms with E-state index in [9.17, 15) is 10.1 Å². The average Bonchev–Trinajstić information content (AvgIpc) is 2.69.